The van der Waals surface area contributed by atoms with Crippen LogP contribution in [0.25, 0.3) is 22.2 Å². The zero-order chi connectivity index (χ0) is 23.1. The van der Waals surface area contributed by atoms with E-state index in [0.29, 0.717) is 30.1 Å². The molecule has 2 nitrogen and oxygen atoms in total. The fourth-order valence-corrected chi connectivity index (χ4v) is 4.57. The number of piperidine rings is 1. The second-order valence-electron chi connectivity index (χ2n) is 8.62. The van der Waals surface area contributed by atoms with Gasteiger partial charge in [0, 0.05) is 29.7 Å². The van der Waals surface area contributed by atoms with Crippen molar-refractivity contribution in [3.05, 3.63) is 59.2 Å². The van der Waals surface area contributed by atoms with Crippen LogP contribution in [0, 0.1) is 5.92 Å². The zero-order valence-corrected chi connectivity index (χ0v) is 17.6. The first kappa shape index (κ1) is 22.7. The van der Waals surface area contributed by atoms with Gasteiger partial charge < -0.3 is 9.88 Å². The molecule has 1 aliphatic heterocycles. The van der Waals surface area contributed by atoms with E-state index in [-0.39, 0.29) is 11.6 Å². The molecule has 8 heteroatoms. The maximum absolute atomic E-state index is 13.4. The summed E-state index contributed by atoms with van der Waals surface area (Å²) in [6.07, 6.45) is -6.98. The number of benzene rings is 2. The first-order valence-corrected chi connectivity index (χ1v) is 10.6. The Morgan fingerprint density at radius 3 is 2.25 bits per heavy atom. The summed E-state index contributed by atoms with van der Waals surface area (Å²) in [7, 11) is 0. The fraction of sp³-hybridized carbons (Fsp3) is 0.417. The maximum Gasteiger partial charge on any atom is 0.416 e. The summed E-state index contributed by atoms with van der Waals surface area (Å²) < 4.78 is 80.4. The number of hydrogen-bond acceptors (Lipinski definition) is 1. The molecule has 1 unspecified atom stereocenters. The molecule has 0 bridgehead atoms. The number of halogens is 6. The van der Waals surface area contributed by atoms with Gasteiger partial charge in [-0.3, -0.25) is 0 Å². The summed E-state index contributed by atoms with van der Waals surface area (Å²) in [6, 6.07) is 9.00. The number of H-pyrrole nitrogens is 1. The lowest BCUT2D eigenvalue weighted by Gasteiger charge is -2.30. The lowest BCUT2D eigenvalue weighted by molar-refractivity contribution is -0.143. The predicted octanol–water partition coefficient (Wildman–Crippen LogP) is 7.15. The monoisotopic (exact) mass is 454 g/mol. The van der Waals surface area contributed by atoms with Crippen molar-refractivity contribution in [2.75, 3.05) is 19.6 Å². The molecular weight excluding hydrogens is 430 g/mol. The average molecular weight is 454 g/mol. The normalized spacial score (nSPS) is 18.4. The number of nitrogens with one attached hydrogen (secondary N) is 1. The van der Waals surface area contributed by atoms with Crippen LogP contribution in [0.2, 0.25) is 0 Å². The highest BCUT2D eigenvalue weighted by Crippen LogP contribution is 2.40. The molecule has 0 radical (unpaired) electrons. The molecule has 1 aromatic heterocycles. The molecule has 0 aliphatic carbocycles. The molecule has 1 atom stereocenters. The van der Waals surface area contributed by atoms with Gasteiger partial charge in [0.05, 0.1) is 11.1 Å². The molecule has 0 saturated carbocycles. The summed E-state index contributed by atoms with van der Waals surface area (Å²) in [4.78, 5) is 5.39. The Morgan fingerprint density at radius 2 is 1.62 bits per heavy atom. The standard InChI is InChI=1S/C24H24F6N2/c1-15-5-4-9-32(14-15)10-8-20-19-6-2-3-7-21(19)31-22(20)16-11-17(23(25,26)27)13-18(12-16)24(28,29)30/h2-3,6-7,11-13,15,31H,4-5,8-10,14H2,1H3. The summed E-state index contributed by atoms with van der Waals surface area (Å²) in [5, 5.41) is 0.818. The molecule has 2 heterocycles. The van der Waals surface area contributed by atoms with Crippen LogP contribution in [-0.2, 0) is 18.8 Å². The van der Waals surface area contributed by atoms with Crippen LogP contribution >= 0.6 is 0 Å². The number of aromatic amines is 1. The van der Waals surface area contributed by atoms with E-state index in [9.17, 15) is 26.3 Å². The Kier molecular flexibility index (Phi) is 6.00. The fourth-order valence-electron chi connectivity index (χ4n) is 4.57. The third-order valence-corrected chi connectivity index (χ3v) is 6.11. The second-order valence-corrected chi connectivity index (χ2v) is 8.62. The zero-order valence-electron chi connectivity index (χ0n) is 17.6. The summed E-state index contributed by atoms with van der Waals surface area (Å²) >= 11 is 0. The van der Waals surface area contributed by atoms with E-state index in [1.807, 2.05) is 12.1 Å². The molecule has 2 aromatic carbocycles. The van der Waals surface area contributed by atoms with Crippen LogP contribution in [0.3, 0.4) is 0 Å². The highest BCUT2D eigenvalue weighted by atomic mass is 19.4. The molecule has 4 rings (SSSR count). The molecule has 1 N–H and O–H groups in total. The number of alkyl halides is 6. The largest absolute Gasteiger partial charge is 0.416 e. The van der Waals surface area contributed by atoms with Crippen LogP contribution in [0.1, 0.15) is 36.5 Å². The van der Waals surface area contributed by atoms with Crippen LogP contribution in [0.5, 0.6) is 0 Å². The van der Waals surface area contributed by atoms with Gasteiger partial charge >= 0.3 is 12.4 Å². The van der Waals surface area contributed by atoms with E-state index in [0.717, 1.165) is 42.6 Å². The van der Waals surface area contributed by atoms with Crippen molar-refractivity contribution in [2.45, 2.75) is 38.5 Å². The van der Waals surface area contributed by atoms with Crippen molar-refractivity contribution in [3.63, 3.8) is 0 Å². The number of likely N-dealkylation sites (tertiary alicyclic amines) is 1. The number of rotatable bonds is 4. The Hall–Kier alpha value is -2.48. The smallest absolute Gasteiger partial charge is 0.354 e. The van der Waals surface area contributed by atoms with E-state index >= 15 is 0 Å². The maximum atomic E-state index is 13.4. The van der Waals surface area contributed by atoms with Crippen LogP contribution in [-0.4, -0.2) is 29.5 Å². The first-order valence-electron chi connectivity index (χ1n) is 10.6. The third kappa shape index (κ3) is 4.80. The number of hydrogen-bond donors (Lipinski definition) is 1. The molecular formula is C24H24F6N2. The van der Waals surface area contributed by atoms with Gasteiger partial charge in [0.15, 0.2) is 0 Å². The second kappa shape index (κ2) is 8.46. The average Bonchev–Trinajstić information content (AvgIpc) is 3.09. The number of para-hydroxylation sites is 1. The minimum absolute atomic E-state index is 0.106. The van der Waals surface area contributed by atoms with Gasteiger partial charge in [0.25, 0.3) is 0 Å². The van der Waals surface area contributed by atoms with Crippen molar-refractivity contribution in [3.8, 4) is 11.3 Å². The van der Waals surface area contributed by atoms with Crippen LogP contribution < -0.4 is 0 Å². The van der Waals surface area contributed by atoms with Gasteiger partial charge in [-0.2, -0.15) is 26.3 Å². The Bertz CT molecular complexity index is 1060. The molecule has 32 heavy (non-hydrogen) atoms. The minimum Gasteiger partial charge on any atom is -0.354 e. The van der Waals surface area contributed by atoms with E-state index in [1.54, 1.807) is 12.1 Å². The third-order valence-electron chi connectivity index (χ3n) is 6.11. The van der Waals surface area contributed by atoms with Crippen LogP contribution in [0.15, 0.2) is 42.5 Å². The van der Waals surface area contributed by atoms with Crippen LogP contribution in [0.4, 0.5) is 26.3 Å². The number of aromatic nitrogens is 1. The predicted molar refractivity (Wildman–Crippen MR) is 112 cm³/mol. The summed E-state index contributed by atoms with van der Waals surface area (Å²) in [5.74, 6) is 0.573. The molecule has 0 amide bonds. The van der Waals surface area contributed by atoms with Crippen molar-refractivity contribution >= 4 is 10.9 Å². The highest BCUT2D eigenvalue weighted by Gasteiger charge is 2.37. The lowest BCUT2D eigenvalue weighted by Crippen LogP contribution is -2.35. The first-order chi connectivity index (χ1) is 15.0. The van der Waals surface area contributed by atoms with Gasteiger partial charge in [-0.15, -0.1) is 0 Å². The summed E-state index contributed by atoms with van der Waals surface area (Å²) in [5.41, 5.74) is -0.978. The van der Waals surface area contributed by atoms with Gasteiger partial charge in [-0.1, -0.05) is 25.1 Å². The van der Waals surface area contributed by atoms with E-state index in [1.165, 1.54) is 6.42 Å². The van der Waals surface area contributed by atoms with Gasteiger partial charge in [-0.25, -0.2) is 0 Å². The van der Waals surface area contributed by atoms with Crippen molar-refractivity contribution in [1.82, 2.24) is 9.88 Å². The topological polar surface area (TPSA) is 19.0 Å². The Morgan fingerprint density at radius 1 is 0.969 bits per heavy atom. The quantitative estimate of drug-likeness (QED) is 0.415. The SMILES string of the molecule is CC1CCCN(CCc2c(-c3cc(C(F)(F)F)cc(C(F)(F)F)c3)[nH]c3ccccc23)C1. The van der Waals surface area contributed by atoms with Gasteiger partial charge in [0.2, 0.25) is 0 Å². The molecule has 0 spiro atoms. The molecule has 172 valence electrons. The molecule has 1 fully saturated rings. The summed E-state index contributed by atoms with van der Waals surface area (Å²) in [6.45, 7) is 4.78. The Labute approximate surface area is 182 Å². The van der Waals surface area contributed by atoms with Gasteiger partial charge in [-0.05, 0) is 67.1 Å². The van der Waals surface area contributed by atoms with Gasteiger partial charge in [0.1, 0.15) is 0 Å². The minimum atomic E-state index is -4.88. The molecule has 1 saturated heterocycles. The van der Waals surface area contributed by atoms with E-state index in [4.69, 9.17) is 0 Å². The van der Waals surface area contributed by atoms with E-state index < -0.39 is 23.5 Å². The molecule has 3 aromatic rings. The number of nitrogens with zero attached hydrogens (tertiary/aromatic N) is 1. The highest BCUT2D eigenvalue weighted by molar-refractivity contribution is 5.91. The van der Waals surface area contributed by atoms with Crippen molar-refractivity contribution in [2.24, 2.45) is 5.92 Å². The Balaban J connectivity index is 1.79. The molecule has 1 aliphatic rings. The van der Waals surface area contributed by atoms with E-state index in [2.05, 4.69) is 16.8 Å². The lowest BCUT2D eigenvalue weighted by atomic mass is 9.97. The van der Waals surface area contributed by atoms with Crippen molar-refractivity contribution < 1.29 is 26.3 Å². The number of fused-ring (bicyclic) bond motifs is 1. The van der Waals surface area contributed by atoms with Crippen molar-refractivity contribution in [1.29, 1.82) is 0 Å².